The molecule has 1 amide bonds. The summed E-state index contributed by atoms with van der Waals surface area (Å²) >= 11 is 0. The highest BCUT2D eigenvalue weighted by molar-refractivity contribution is 5.91. The fraction of sp³-hybridized carbons (Fsp3) is 0.278. The lowest BCUT2D eigenvalue weighted by atomic mass is 10.1. The number of amides is 1. The average Bonchev–Trinajstić information content (AvgIpc) is 2.52. The van der Waals surface area contributed by atoms with Crippen LogP contribution in [0, 0.1) is 5.82 Å². The molecule has 0 unspecified atom stereocenters. The van der Waals surface area contributed by atoms with Crippen LogP contribution in [0.25, 0.3) is 0 Å². The quantitative estimate of drug-likeness (QED) is 0.804. The molecular weight excluding hydrogens is 315 g/mol. The molecule has 5 heteroatoms. The number of carbonyl (C=O) groups excluding carboxylic acids is 1. The number of rotatable bonds is 7. The summed E-state index contributed by atoms with van der Waals surface area (Å²) in [7, 11) is 0. The highest BCUT2D eigenvalue weighted by Crippen LogP contribution is 2.15. The standard InChI is InChI=1S/C18H21FN2O.ClH/c1-2-20-13-15-7-3-4-9-17(15)21-18(22)11-10-14-6-5-8-16(19)12-14;/h3-9,12,20H,2,10-11,13H2,1H3,(H,21,22);1H. The Hall–Kier alpha value is -1.91. The Balaban J connectivity index is 0.00000264. The topological polar surface area (TPSA) is 41.1 Å². The maximum Gasteiger partial charge on any atom is 0.224 e. The van der Waals surface area contributed by atoms with Crippen LogP contribution in [0.4, 0.5) is 10.1 Å². The molecule has 2 N–H and O–H groups in total. The zero-order valence-electron chi connectivity index (χ0n) is 13.1. The molecule has 0 aliphatic heterocycles. The van der Waals surface area contributed by atoms with Gasteiger partial charge in [-0.1, -0.05) is 37.3 Å². The molecule has 0 atom stereocenters. The van der Waals surface area contributed by atoms with Crippen LogP contribution < -0.4 is 10.6 Å². The minimum absolute atomic E-state index is 0. The number of hydrogen-bond donors (Lipinski definition) is 2. The second kappa shape index (κ2) is 9.98. The molecule has 124 valence electrons. The summed E-state index contributed by atoms with van der Waals surface area (Å²) in [6, 6.07) is 14.1. The van der Waals surface area contributed by atoms with Gasteiger partial charge in [-0.05, 0) is 42.3 Å². The monoisotopic (exact) mass is 336 g/mol. The normalized spacial score (nSPS) is 10.0. The van der Waals surface area contributed by atoms with Gasteiger partial charge in [0.2, 0.25) is 5.91 Å². The average molecular weight is 337 g/mol. The number of hydrogen-bond acceptors (Lipinski definition) is 2. The molecule has 2 aromatic rings. The van der Waals surface area contributed by atoms with Gasteiger partial charge in [-0.15, -0.1) is 12.4 Å². The van der Waals surface area contributed by atoms with Gasteiger partial charge in [0, 0.05) is 18.7 Å². The van der Waals surface area contributed by atoms with E-state index in [0.29, 0.717) is 12.8 Å². The summed E-state index contributed by atoms with van der Waals surface area (Å²) in [6.45, 7) is 3.64. The van der Waals surface area contributed by atoms with E-state index < -0.39 is 0 Å². The third-order valence-corrected chi connectivity index (χ3v) is 3.39. The smallest absolute Gasteiger partial charge is 0.224 e. The Labute approximate surface area is 142 Å². The number of halogens is 2. The van der Waals surface area contributed by atoms with Crippen LogP contribution in [-0.2, 0) is 17.8 Å². The van der Waals surface area contributed by atoms with Gasteiger partial charge in [0.15, 0.2) is 0 Å². The van der Waals surface area contributed by atoms with E-state index >= 15 is 0 Å². The predicted octanol–water partition coefficient (Wildman–Crippen LogP) is 3.93. The summed E-state index contributed by atoms with van der Waals surface area (Å²) in [6.07, 6.45) is 0.859. The van der Waals surface area contributed by atoms with Crippen molar-refractivity contribution in [3.8, 4) is 0 Å². The molecule has 0 aliphatic carbocycles. The molecule has 0 spiro atoms. The van der Waals surface area contributed by atoms with Gasteiger partial charge in [0.05, 0.1) is 0 Å². The van der Waals surface area contributed by atoms with Crippen LogP contribution in [-0.4, -0.2) is 12.5 Å². The summed E-state index contributed by atoms with van der Waals surface area (Å²) in [5, 5.41) is 6.18. The lowest BCUT2D eigenvalue weighted by molar-refractivity contribution is -0.116. The lowest BCUT2D eigenvalue weighted by Gasteiger charge is -2.11. The van der Waals surface area contributed by atoms with E-state index in [4.69, 9.17) is 0 Å². The van der Waals surface area contributed by atoms with E-state index in [2.05, 4.69) is 10.6 Å². The van der Waals surface area contributed by atoms with Crippen LogP contribution in [0.2, 0.25) is 0 Å². The Bertz CT molecular complexity index is 634. The Morgan fingerprint density at radius 1 is 1.13 bits per heavy atom. The number of para-hydroxylation sites is 1. The van der Waals surface area contributed by atoms with Crippen LogP contribution in [0.5, 0.6) is 0 Å². The van der Waals surface area contributed by atoms with Crippen molar-refractivity contribution in [3.05, 3.63) is 65.5 Å². The molecular formula is C18H22ClFN2O. The van der Waals surface area contributed by atoms with E-state index in [9.17, 15) is 9.18 Å². The largest absolute Gasteiger partial charge is 0.326 e. The molecule has 0 fully saturated rings. The molecule has 0 heterocycles. The Morgan fingerprint density at radius 2 is 1.91 bits per heavy atom. The molecule has 2 aromatic carbocycles. The SMILES string of the molecule is CCNCc1ccccc1NC(=O)CCc1cccc(F)c1.Cl. The van der Waals surface area contributed by atoms with Crippen LogP contribution in [0.1, 0.15) is 24.5 Å². The van der Waals surface area contributed by atoms with E-state index in [-0.39, 0.29) is 24.1 Å². The van der Waals surface area contributed by atoms with Gasteiger partial charge in [0.1, 0.15) is 5.82 Å². The highest BCUT2D eigenvalue weighted by Gasteiger charge is 2.07. The minimum Gasteiger partial charge on any atom is -0.326 e. The molecule has 0 aromatic heterocycles. The summed E-state index contributed by atoms with van der Waals surface area (Å²) in [4.78, 5) is 12.1. The third-order valence-electron chi connectivity index (χ3n) is 3.39. The Morgan fingerprint density at radius 3 is 2.65 bits per heavy atom. The number of aryl methyl sites for hydroxylation is 1. The summed E-state index contributed by atoms with van der Waals surface area (Å²) in [5.41, 5.74) is 2.72. The summed E-state index contributed by atoms with van der Waals surface area (Å²) < 4.78 is 13.1. The zero-order chi connectivity index (χ0) is 15.8. The van der Waals surface area contributed by atoms with Crippen molar-refractivity contribution in [1.82, 2.24) is 5.32 Å². The summed E-state index contributed by atoms with van der Waals surface area (Å²) in [5.74, 6) is -0.331. The van der Waals surface area contributed by atoms with Crippen LogP contribution >= 0.6 is 12.4 Å². The van der Waals surface area contributed by atoms with E-state index in [1.54, 1.807) is 6.07 Å². The van der Waals surface area contributed by atoms with Crippen molar-refractivity contribution < 1.29 is 9.18 Å². The first-order valence-corrected chi connectivity index (χ1v) is 7.52. The third kappa shape index (κ3) is 6.38. The van der Waals surface area contributed by atoms with E-state index in [1.807, 2.05) is 37.3 Å². The van der Waals surface area contributed by atoms with Gasteiger partial charge >= 0.3 is 0 Å². The molecule has 23 heavy (non-hydrogen) atoms. The molecule has 0 saturated heterocycles. The van der Waals surface area contributed by atoms with Crippen molar-refractivity contribution in [2.24, 2.45) is 0 Å². The van der Waals surface area contributed by atoms with Gasteiger partial charge in [0.25, 0.3) is 0 Å². The number of carbonyl (C=O) groups is 1. The van der Waals surface area contributed by atoms with E-state index in [0.717, 1.165) is 29.9 Å². The van der Waals surface area contributed by atoms with Gasteiger partial charge in [-0.25, -0.2) is 4.39 Å². The minimum atomic E-state index is -0.270. The molecule has 0 bridgehead atoms. The van der Waals surface area contributed by atoms with E-state index in [1.165, 1.54) is 12.1 Å². The maximum absolute atomic E-state index is 13.1. The first kappa shape index (κ1) is 19.1. The number of anilines is 1. The fourth-order valence-corrected chi connectivity index (χ4v) is 2.22. The van der Waals surface area contributed by atoms with Gasteiger partial charge in [-0.2, -0.15) is 0 Å². The molecule has 0 aliphatic rings. The zero-order valence-corrected chi connectivity index (χ0v) is 14.0. The highest BCUT2D eigenvalue weighted by atomic mass is 35.5. The van der Waals surface area contributed by atoms with Crippen molar-refractivity contribution in [2.75, 3.05) is 11.9 Å². The van der Waals surface area contributed by atoms with Crippen LogP contribution in [0.3, 0.4) is 0 Å². The van der Waals surface area contributed by atoms with Crippen LogP contribution in [0.15, 0.2) is 48.5 Å². The van der Waals surface area contributed by atoms with Gasteiger partial charge < -0.3 is 10.6 Å². The lowest BCUT2D eigenvalue weighted by Crippen LogP contribution is -2.17. The van der Waals surface area contributed by atoms with Crippen molar-refractivity contribution >= 4 is 24.0 Å². The molecule has 3 nitrogen and oxygen atoms in total. The Kier molecular flexibility index (Phi) is 8.30. The molecule has 2 rings (SSSR count). The second-order valence-electron chi connectivity index (χ2n) is 5.12. The first-order valence-electron chi connectivity index (χ1n) is 7.52. The van der Waals surface area contributed by atoms with Crippen molar-refractivity contribution in [3.63, 3.8) is 0 Å². The van der Waals surface area contributed by atoms with Crippen molar-refractivity contribution in [2.45, 2.75) is 26.3 Å². The molecule has 0 saturated carbocycles. The van der Waals surface area contributed by atoms with Gasteiger partial charge in [-0.3, -0.25) is 4.79 Å². The first-order chi connectivity index (χ1) is 10.7. The second-order valence-corrected chi connectivity index (χ2v) is 5.12. The fourth-order valence-electron chi connectivity index (χ4n) is 2.22. The van der Waals surface area contributed by atoms with Crippen molar-refractivity contribution in [1.29, 1.82) is 0 Å². The predicted molar refractivity (Wildman–Crippen MR) is 94.4 cm³/mol. The molecule has 0 radical (unpaired) electrons. The maximum atomic E-state index is 13.1. The number of benzene rings is 2. The number of nitrogens with one attached hydrogen (secondary N) is 2.